The zero-order chi connectivity index (χ0) is 22.6. The molecule has 1 atom stereocenters. The molecule has 0 spiro atoms. The molecule has 1 saturated heterocycles. The van der Waals surface area contributed by atoms with Crippen molar-refractivity contribution in [3.8, 4) is 5.75 Å². The normalized spacial score (nSPS) is 17.8. The summed E-state index contributed by atoms with van der Waals surface area (Å²) in [6, 6.07) is 13.0. The van der Waals surface area contributed by atoms with Crippen LogP contribution in [-0.4, -0.2) is 41.6 Å². The Hall–Kier alpha value is -3.53. The molecule has 0 bridgehead atoms. The highest BCUT2D eigenvalue weighted by atomic mass is 32.2. The average molecular weight is 442 g/mol. The number of hydrogen-bond acceptors (Lipinski definition) is 6. The molecule has 0 aromatic heterocycles. The van der Waals surface area contributed by atoms with Gasteiger partial charge in [-0.05, 0) is 48.9 Å². The third-order valence-corrected chi connectivity index (χ3v) is 5.65. The second-order valence-electron chi connectivity index (χ2n) is 6.95. The molecule has 5 amide bonds. The number of carbonyl (C=O) groups excluding carboxylic acids is 4. The number of rotatable bonds is 7. The smallest absolute Gasteiger partial charge is 0.344 e. The minimum atomic E-state index is -1.30. The van der Waals surface area contributed by atoms with Crippen LogP contribution < -0.4 is 20.8 Å². The number of imide groups is 1. The van der Waals surface area contributed by atoms with Crippen molar-refractivity contribution < 1.29 is 23.9 Å². The number of benzene rings is 2. The minimum absolute atomic E-state index is 0.00417. The number of amides is 5. The first-order valence-corrected chi connectivity index (χ1v) is 10.3. The van der Waals surface area contributed by atoms with Crippen LogP contribution in [0.2, 0.25) is 0 Å². The number of thioether (sulfide) groups is 1. The summed E-state index contributed by atoms with van der Waals surface area (Å²) in [7, 11) is 1.53. The van der Waals surface area contributed by atoms with E-state index in [0.717, 1.165) is 4.90 Å². The molecule has 2 aromatic carbocycles. The molecular weight excluding hydrogens is 420 g/mol. The van der Waals surface area contributed by atoms with E-state index in [4.69, 9.17) is 4.74 Å². The van der Waals surface area contributed by atoms with E-state index in [1.54, 1.807) is 55.5 Å². The largest absolute Gasteiger partial charge is 0.497 e. The quantitative estimate of drug-likeness (QED) is 0.447. The van der Waals surface area contributed by atoms with Crippen molar-refractivity contribution in [2.45, 2.75) is 24.3 Å². The number of ether oxygens (including phenoxy) is 1. The van der Waals surface area contributed by atoms with Crippen LogP contribution in [0.15, 0.2) is 53.4 Å². The summed E-state index contributed by atoms with van der Waals surface area (Å²) < 4.78 is 5.11. The molecule has 9 nitrogen and oxygen atoms in total. The van der Waals surface area contributed by atoms with Crippen molar-refractivity contribution in [1.82, 2.24) is 15.8 Å². The second kappa shape index (κ2) is 9.09. The van der Waals surface area contributed by atoms with Crippen LogP contribution in [0.4, 0.5) is 10.5 Å². The molecule has 0 aliphatic carbocycles. The van der Waals surface area contributed by atoms with E-state index < -0.39 is 23.4 Å². The maximum atomic E-state index is 12.9. The zero-order valence-electron chi connectivity index (χ0n) is 17.2. The molecule has 31 heavy (non-hydrogen) atoms. The molecule has 2 aromatic rings. The van der Waals surface area contributed by atoms with Gasteiger partial charge in [0, 0.05) is 17.5 Å². The highest BCUT2D eigenvalue weighted by Gasteiger charge is 2.50. The number of methoxy groups -OCH3 is 1. The fourth-order valence-electron chi connectivity index (χ4n) is 3.00. The molecule has 1 aliphatic heterocycles. The van der Waals surface area contributed by atoms with E-state index in [-0.39, 0.29) is 11.7 Å². The number of carbonyl (C=O) groups is 4. The standard InChI is InChI=1S/C21H22N4O5S/c1-13(26)22-15-6-10-17(11-7-15)31-12-18(27)24-25-19(28)21(2,23-20(25)29)14-4-8-16(30-3)9-5-14/h4-11H,12H2,1-3H3,(H,22,26)(H,23,29)(H,24,27). The van der Waals surface area contributed by atoms with Gasteiger partial charge in [-0.15, -0.1) is 11.8 Å². The molecule has 3 rings (SSSR count). The number of nitrogens with one attached hydrogen (secondary N) is 3. The third kappa shape index (κ3) is 4.97. The molecular formula is C21H22N4O5S. The molecule has 1 heterocycles. The van der Waals surface area contributed by atoms with Crippen LogP contribution >= 0.6 is 11.8 Å². The van der Waals surface area contributed by atoms with Crippen molar-refractivity contribution >= 4 is 41.2 Å². The summed E-state index contributed by atoms with van der Waals surface area (Å²) in [5.41, 5.74) is 2.28. The first kappa shape index (κ1) is 22.2. The van der Waals surface area contributed by atoms with Gasteiger partial charge < -0.3 is 15.4 Å². The molecule has 1 fully saturated rings. The molecule has 162 valence electrons. The van der Waals surface area contributed by atoms with Crippen molar-refractivity contribution in [3.05, 3.63) is 54.1 Å². The Morgan fingerprint density at radius 3 is 2.32 bits per heavy atom. The van der Waals surface area contributed by atoms with Gasteiger partial charge in [-0.25, -0.2) is 4.79 Å². The van der Waals surface area contributed by atoms with Crippen molar-refractivity contribution in [1.29, 1.82) is 0 Å². The predicted octanol–water partition coefficient (Wildman–Crippen LogP) is 2.24. The second-order valence-corrected chi connectivity index (χ2v) is 8.00. The van der Waals surface area contributed by atoms with Gasteiger partial charge in [0.25, 0.3) is 5.91 Å². The van der Waals surface area contributed by atoms with Gasteiger partial charge in [-0.3, -0.25) is 19.8 Å². The summed E-state index contributed by atoms with van der Waals surface area (Å²) in [4.78, 5) is 49.4. The number of urea groups is 1. The Bertz CT molecular complexity index is 1010. The van der Waals surface area contributed by atoms with E-state index in [1.807, 2.05) is 0 Å². The molecule has 1 unspecified atom stereocenters. The highest BCUT2D eigenvalue weighted by molar-refractivity contribution is 8.00. The maximum absolute atomic E-state index is 12.9. The first-order chi connectivity index (χ1) is 14.7. The molecule has 1 aliphatic rings. The fraction of sp³-hybridized carbons (Fsp3) is 0.238. The van der Waals surface area contributed by atoms with Crippen molar-refractivity contribution in [3.63, 3.8) is 0 Å². The molecule has 0 saturated carbocycles. The van der Waals surface area contributed by atoms with Crippen LogP contribution in [0.3, 0.4) is 0 Å². The van der Waals surface area contributed by atoms with Crippen molar-refractivity contribution in [2.24, 2.45) is 0 Å². The number of hydrazine groups is 1. The van der Waals surface area contributed by atoms with Gasteiger partial charge in [-0.2, -0.15) is 5.01 Å². The van der Waals surface area contributed by atoms with Crippen LogP contribution in [0.1, 0.15) is 19.4 Å². The van der Waals surface area contributed by atoms with Crippen LogP contribution in [-0.2, 0) is 19.9 Å². The number of hydrogen-bond donors (Lipinski definition) is 3. The Labute approximate surface area is 183 Å². The van der Waals surface area contributed by atoms with Gasteiger partial charge in [0.05, 0.1) is 12.9 Å². The Kier molecular flexibility index (Phi) is 6.50. The zero-order valence-corrected chi connectivity index (χ0v) is 18.0. The van der Waals surface area contributed by atoms with Gasteiger partial charge in [0.2, 0.25) is 11.8 Å². The van der Waals surface area contributed by atoms with Crippen molar-refractivity contribution in [2.75, 3.05) is 18.2 Å². The summed E-state index contributed by atoms with van der Waals surface area (Å²) in [6.45, 7) is 3.00. The van der Waals surface area contributed by atoms with Crippen LogP contribution in [0, 0.1) is 0 Å². The number of nitrogens with zero attached hydrogens (tertiary/aromatic N) is 1. The predicted molar refractivity (Wildman–Crippen MR) is 115 cm³/mol. The average Bonchev–Trinajstić information content (AvgIpc) is 2.97. The van der Waals surface area contributed by atoms with Gasteiger partial charge in [-0.1, -0.05) is 12.1 Å². The van der Waals surface area contributed by atoms with Gasteiger partial charge in [0.15, 0.2) is 0 Å². The van der Waals surface area contributed by atoms with E-state index >= 15 is 0 Å². The lowest BCUT2D eigenvalue weighted by atomic mass is 9.92. The summed E-state index contributed by atoms with van der Waals surface area (Å²) in [5.74, 6) is -0.638. The SMILES string of the molecule is COc1ccc(C2(C)NC(=O)N(NC(=O)CSc3ccc(NC(C)=O)cc3)C2=O)cc1. The molecule has 10 heteroatoms. The Balaban J connectivity index is 1.60. The monoisotopic (exact) mass is 442 g/mol. The minimum Gasteiger partial charge on any atom is -0.497 e. The van der Waals surface area contributed by atoms with Gasteiger partial charge in [0.1, 0.15) is 11.3 Å². The van der Waals surface area contributed by atoms with E-state index in [9.17, 15) is 19.2 Å². The van der Waals surface area contributed by atoms with E-state index in [1.165, 1.54) is 25.8 Å². The molecule has 3 N–H and O–H groups in total. The van der Waals surface area contributed by atoms with Crippen LogP contribution in [0.25, 0.3) is 0 Å². The van der Waals surface area contributed by atoms with Crippen LogP contribution in [0.5, 0.6) is 5.75 Å². The lowest BCUT2D eigenvalue weighted by Crippen LogP contribution is -2.48. The lowest BCUT2D eigenvalue weighted by molar-refractivity contribution is -0.138. The summed E-state index contributed by atoms with van der Waals surface area (Å²) in [6.07, 6.45) is 0. The summed E-state index contributed by atoms with van der Waals surface area (Å²) >= 11 is 1.23. The van der Waals surface area contributed by atoms with E-state index in [2.05, 4.69) is 16.1 Å². The maximum Gasteiger partial charge on any atom is 0.344 e. The van der Waals surface area contributed by atoms with Gasteiger partial charge >= 0.3 is 6.03 Å². The molecule has 0 radical (unpaired) electrons. The lowest BCUT2D eigenvalue weighted by Gasteiger charge is -2.22. The number of anilines is 1. The Morgan fingerprint density at radius 1 is 1.10 bits per heavy atom. The first-order valence-electron chi connectivity index (χ1n) is 9.34. The third-order valence-electron chi connectivity index (χ3n) is 4.64. The Morgan fingerprint density at radius 2 is 1.74 bits per heavy atom. The van der Waals surface area contributed by atoms with E-state index in [0.29, 0.717) is 22.0 Å². The topological polar surface area (TPSA) is 117 Å². The fourth-order valence-corrected chi connectivity index (χ4v) is 3.70. The summed E-state index contributed by atoms with van der Waals surface area (Å²) in [5, 5.41) is 5.99. The highest BCUT2D eigenvalue weighted by Crippen LogP contribution is 2.29.